The Morgan fingerprint density at radius 3 is 2.79 bits per heavy atom. The molecule has 14 heavy (non-hydrogen) atoms. The molecule has 5 nitrogen and oxygen atoms in total. The summed E-state index contributed by atoms with van der Waals surface area (Å²) in [4.78, 5) is 13.7. The molecule has 0 aliphatic carbocycles. The minimum atomic E-state index is -0.494. The number of rotatable bonds is 5. The molecule has 1 aromatic heterocycles. The zero-order valence-electron chi connectivity index (χ0n) is 7.32. The van der Waals surface area contributed by atoms with Gasteiger partial charge in [-0.05, 0) is 22.7 Å². The lowest BCUT2D eigenvalue weighted by molar-refractivity contribution is -0.389. The summed E-state index contributed by atoms with van der Waals surface area (Å²) < 4.78 is 2.25. The maximum Gasteiger partial charge on any atom is 0.382 e. The summed E-state index contributed by atoms with van der Waals surface area (Å²) in [5.74, 6) is -0.115. The van der Waals surface area contributed by atoms with Crippen molar-refractivity contribution in [1.29, 1.82) is 0 Å². The van der Waals surface area contributed by atoms with Crippen LogP contribution < -0.4 is 0 Å². The van der Waals surface area contributed by atoms with Crippen molar-refractivity contribution >= 4 is 37.7 Å². The van der Waals surface area contributed by atoms with Gasteiger partial charge in [0.1, 0.15) is 6.20 Å². The van der Waals surface area contributed by atoms with Crippen molar-refractivity contribution in [2.75, 3.05) is 5.33 Å². The molecule has 0 saturated carbocycles. The van der Waals surface area contributed by atoms with Crippen LogP contribution in [0.1, 0.15) is 12.8 Å². The van der Waals surface area contributed by atoms with Crippen LogP contribution in [0.4, 0.5) is 5.82 Å². The van der Waals surface area contributed by atoms with Gasteiger partial charge in [0.25, 0.3) is 4.73 Å². The number of hydrogen-bond acceptors (Lipinski definition) is 3. The van der Waals surface area contributed by atoms with Crippen LogP contribution in [0.15, 0.2) is 10.9 Å². The van der Waals surface area contributed by atoms with Crippen molar-refractivity contribution in [3.63, 3.8) is 0 Å². The molecule has 0 spiro atoms. The lowest BCUT2D eigenvalue weighted by Crippen LogP contribution is -1.96. The zero-order chi connectivity index (χ0) is 10.6. The van der Waals surface area contributed by atoms with Crippen LogP contribution in [0.2, 0.25) is 0 Å². The predicted octanol–water partition coefficient (Wildman–Crippen LogP) is 2.73. The van der Waals surface area contributed by atoms with Crippen molar-refractivity contribution in [3.8, 4) is 0 Å². The van der Waals surface area contributed by atoms with E-state index in [0.29, 0.717) is 4.73 Å². The topological polar surface area (TPSA) is 61.0 Å². The first kappa shape index (κ1) is 11.6. The first-order chi connectivity index (χ1) is 6.65. The van der Waals surface area contributed by atoms with E-state index in [9.17, 15) is 10.1 Å². The first-order valence-corrected chi connectivity index (χ1v) is 5.99. The molecule has 0 amide bonds. The zero-order valence-corrected chi connectivity index (χ0v) is 10.5. The van der Waals surface area contributed by atoms with Gasteiger partial charge in [0.2, 0.25) is 0 Å². The SMILES string of the molecule is O=[N+]([O-])c1cn(CCCCBr)c(Br)n1. The second-order valence-electron chi connectivity index (χ2n) is 2.71. The summed E-state index contributed by atoms with van der Waals surface area (Å²) in [5.41, 5.74) is 0. The van der Waals surface area contributed by atoms with E-state index in [1.807, 2.05) is 0 Å². The van der Waals surface area contributed by atoms with Crippen molar-refractivity contribution < 1.29 is 4.92 Å². The summed E-state index contributed by atoms with van der Waals surface area (Å²) in [7, 11) is 0. The number of unbranched alkanes of at least 4 members (excludes halogenated alkanes) is 1. The lowest BCUT2D eigenvalue weighted by atomic mass is 10.3. The third-order valence-electron chi connectivity index (χ3n) is 1.68. The van der Waals surface area contributed by atoms with Gasteiger partial charge in [-0.1, -0.05) is 15.9 Å². The van der Waals surface area contributed by atoms with Gasteiger partial charge in [-0.25, -0.2) is 0 Å². The van der Waals surface area contributed by atoms with Crippen LogP contribution in [0.25, 0.3) is 0 Å². The molecule has 1 aromatic rings. The van der Waals surface area contributed by atoms with E-state index in [0.717, 1.165) is 24.7 Å². The highest BCUT2D eigenvalue weighted by Crippen LogP contribution is 2.16. The van der Waals surface area contributed by atoms with E-state index in [-0.39, 0.29) is 5.82 Å². The van der Waals surface area contributed by atoms with Gasteiger partial charge in [0.05, 0.1) is 0 Å². The molecule has 0 bridgehead atoms. The standard InChI is InChI=1S/C7H9Br2N3O2/c8-3-1-2-4-11-5-6(12(13)14)10-7(11)9/h5H,1-4H2. The average Bonchev–Trinajstić information content (AvgIpc) is 2.49. The van der Waals surface area contributed by atoms with Crippen molar-refractivity contribution in [2.45, 2.75) is 19.4 Å². The van der Waals surface area contributed by atoms with Gasteiger partial charge >= 0.3 is 5.82 Å². The van der Waals surface area contributed by atoms with E-state index in [1.54, 1.807) is 4.57 Å². The second-order valence-corrected chi connectivity index (χ2v) is 4.22. The Morgan fingerprint density at radius 1 is 1.57 bits per heavy atom. The predicted molar refractivity (Wildman–Crippen MR) is 59.6 cm³/mol. The van der Waals surface area contributed by atoms with Crippen LogP contribution in [-0.2, 0) is 6.54 Å². The van der Waals surface area contributed by atoms with Gasteiger partial charge < -0.3 is 10.1 Å². The molecular weight excluding hydrogens is 318 g/mol. The van der Waals surface area contributed by atoms with Crippen LogP contribution >= 0.6 is 31.9 Å². The molecular formula is C7H9Br2N3O2. The Bertz CT molecular complexity index is 327. The minimum Gasteiger partial charge on any atom is -0.358 e. The summed E-state index contributed by atoms with van der Waals surface area (Å²) in [6.45, 7) is 0.743. The normalized spacial score (nSPS) is 10.4. The number of aryl methyl sites for hydroxylation is 1. The molecule has 0 fully saturated rings. The van der Waals surface area contributed by atoms with Crippen LogP contribution in [0, 0.1) is 10.1 Å². The van der Waals surface area contributed by atoms with Crippen LogP contribution in [0.3, 0.4) is 0 Å². The van der Waals surface area contributed by atoms with Gasteiger partial charge in [-0.2, -0.15) is 0 Å². The fraction of sp³-hybridized carbons (Fsp3) is 0.571. The summed E-state index contributed by atoms with van der Waals surface area (Å²) >= 11 is 6.50. The largest absolute Gasteiger partial charge is 0.382 e. The second kappa shape index (κ2) is 5.45. The fourth-order valence-corrected chi connectivity index (χ4v) is 1.86. The number of imidazole rings is 1. The third kappa shape index (κ3) is 3.06. The fourth-order valence-electron chi connectivity index (χ4n) is 1.00. The number of halogens is 2. The van der Waals surface area contributed by atoms with Crippen molar-refractivity contribution in [3.05, 3.63) is 21.0 Å². The Kier molecular flexibility index (Phi) is 4.53. The molecule has 0 aliphatic rings. The Labute approximate surface area is 97.9 Å². The van der Waals surface area contributed by atoms with E-state index in [1.165, 1.54) is 6.20 Å². The quantitative estimate of drug-likeness (QED) is 0.362. The van der Waals surface area contributed by atoms with Gasteiger partial charge in [0, 0.05) is 27.8 Å². The minimum absolute atomic E-state index is 0.115. The molecule has 7 heteroatoms. The maximum absolute atomic E-state index is 10.4. The van der Waals surface area contributed by atoms with E-state index in [4.69, 9.17) is 0 Å². The molecule has 0 unspecified atom stereocenters. The van der Waals surface area contributed by atoms with E-state index < -0.39 is 4.92 Å². The molecule has 78 valence electrons. The monoisotopic (exact) mass is 325 g/mol. The van der Waals surface area contributed by atoms with E-state index in [2.05, 4.69) is 36.8 Å². The summed E-state index contributed by atoms with van der Waals surface area (Å²) in [5, 5.41) is 11.3. The molecule has 0 saturated heterocycles. The molecule has 0 N–H and O–H groups in total. The Balaban J connectivity index is 2.63. The average molecular weight is 327 g/mol. The van der Waals surface area contributed by atoms with Gasteiger partial charge in [-0.3, -0.25) is 4.57 Å². The van der Waals surface area contributed by atoms with Gasteiger partial charge in [-0.15, -0.1) is 0 Å². The molecule has 0 radical (unpaired) electrons. The Hall–Kier alpha value is -0.430. The highest BCUT2D eigenvalue weighted by molar-refractivity contribution is 9.10. The number of hydrogen-bond donors (Lipinski definition) is 0. The highest BCUT2D eigenvalue weighted by atomic mass is 79.9. The number of nitrogens with zero attached hydrogens (tertiary/aromatic N) is 3. The molecule has 0 aromatic carbocycles. The summed E-state index contributed by atoms with van der Waals surface area (Å²) in [6.07, 6.45) is 3.45. The van der Waals surface area contributed by atoms with E-state index >= 15 is 0 Å². The number of nitro groups is 1. The lowest BCUT2D eigenvalue weighted by Gasteiger charge is -1.98. The highest BCUT2D eigenvalue weighted by Gasteiger charge is 2.15. The van der Waals surface area contributed by atoms with Crippen LogP contribution in [0.5, 0.6) is 0 Å². The third-order valence-corrected chi connectivity index (χ3v) is 2.88. The molecule has 1 heterocycles. The Morgan fingerprint density at radius 2 is 2.29 bits per heavy atom. The maximum atomic E-state index is 10.4. The molecule has 0 aliphatic heterocycles. The number of aromatic nitrogens is 2. The van der Waals surface area contributed by atoms with Crippen molar-refractivity contribution in [2.24, 2.45) is 0 Å². The first-order valence-electron chi connectivity index (χ1n) is 4.08. The van der Waals surface area contributed by atoms with Crippen molar-refractivity contribution in [1.82, 2.24) is 9.55 Å². The smallest absolute Gasteiger partial charge is 0.358 e. The summed E-state index contributed by atoms with van der Waals surface area (Å²) in [6, 6.07) is 0. The van der Waals surface area contributed by atoms with Crippen LogP contribution in [-0.4, -0.2) is 19.8 Å². The number of alkyl halides is 1. The van der Waals surface area contributed by atoms with Gasteiger partial charge in [0.15, 0.2) is 0 Å². The molecule has 0 atom stereocenters. The molecule has 1 rings (SSSR count).